The average Bonchev–Trinajstić information content (AvgIpc) is 2.93. The topological polar surface area (TPSA) is 96.0 Å². The largest absolute Gasteiger partial charge is 0.494 e. The molecule has 0 spiro atoms. The van der Waals surface area contributed by atoms with Gasteiger partial charge in [-0.15, -0.1) is 0 Å². The van der Waals surface area contributed by atoms with Gasteiger partial charge in [0.05, 0.1) is 17.2 Å². The Kier molecular flexibility index (Phi) is 11.9. The molecule has 0 saturated carbocycles. The van der Waals surface area contributed by atoms with Crippen LogP contribution in [0.4, 0.5) is 5.69 Å². The second kappa shape index (κ2) is 14.9. The van der Waals surface area contributed by atoms with Crippen LogP contribution in [0.25, 0.3) is 0 Å². The van der Waals surface area contributed by atoms with Gasteiger partial charge in [-0.3, -0.25) is 13.9 Å². The quantitative estimate of drug-likeness (QED) is 0.228. The monoisotopic (exact) mass is 683 g/mol. The van der Waals surface area contributed by atoms with E-state index in [1.807, 2.05) is 6.92 Å². The molecule has 0 aliphatic carbocycles. The summed E-state index contributed by atoms with van der Waals surface area (Å²) in [5.74, 6) is -0.370. The lowest BCUT2D eigenvalue weighted by molar-refractivity contribution is -0.140. The zero-order valence-electron chi connectivity index (χ0n) is 22.9. The van der Waals surface area contributed by atoms with Gasteiger partial charge in [0.25, 0.3) is 10.0 Å². The maximum atomic E-state index is 14.1. The van der Waals surface area contributed by atoms with Gasteiger partial charge in [0, 0.05) is 27.6 Å². The Hall–Kier alpha value is -2.79. The van der Waals surface area contributed by atoms with Gasteiger partial charge < -0.3 is 15.0 Å². The summed E-state index contributed by atoms with van der Waals surface area (Å²) in [6.45, 7) is 5.64. The summed E-state index contributed by atoms with van der Waals surface area (Å²) in [6.07, 6.45) is 0.297. The molecule has 220 valence electrons. The van der Waals surface area contributed by atoms with Crippen LogP contribution in [0.15, 0.2) is 76.1 Å². The molecule has 0 radical (unpaired) electrons. The van der Waals surface area contributed by atoms with E-state index in [1.54, 1.807) is 68.4 Å². The molecule has 1 unspecified atom stereocenters. The highest BCUT2D eigenvalue weighted by atomic mass is 79.9. The molecule has 0 aliphatic rings. The van der Waals surface area contributed by atoms with E-state index in [1.165, 1.54) is 17.0 Å². The van der Waals surface area contributed by atoms with Gasteiger partial charge >= 0.3 is 0 Å². The molecule has 0 fully saturated rings. The third-order valence-electron chi connectivity index (χ3n) is 6.21. The number of sulfonamides is 1. The molecule has 0 saturated heterocycles. The lowest BCUT2D eigenvalue weighted by Crippen LogP contribution is -2.52. The Morgan fingerprint density at radius 2 is 1.63 bits per heavy atom. The van der Waals surface area contributed by atoms with Crippen molar-refractivity contribution in [2.45, 2.75) is 44.7 Å². The number of benzene rings is 3. The molecule has 2 amide bonds. The second-order valence-electron chi connectivity index (χ2n) is 8.97. The van der Waals surface area contributed by atoms with Crippen molar-refractivity contribution in [1.29, 1.82) is 0 Å². The molecule has 0 aliphatic heterocycles. The smallest absolute Gasteiger partial charge is 0.264 e. The van der Waals surface area contributed by atoms with Crippen LogP contribution in [0.5, 0.6) is 5.75 Å². The van der Waals surface area contributed by atoms with Crippen molar-refractivity contribution in [2.75, 3.05) is 24.0 Å². The molecule has 3 aromatic carbocycles. The molecule has 1 atom stereocenters. The fourth-order valence-electron chi connectivity index (χ4n) is 4.18. The van der Waals surface area contributed by atoms with Crippen LogP contribution in [0.2, 0.25) is 10.0 Å². The minimum absolute atomic E-state index is 0.00504. The molecule has 3 aromatic rings. The normalized spacial score (nSPS) is 12.0. The summed E-state index contributed by atoms with van der Waals surface area (Å²) >= 11 is 15.8. The number of carbonyl (C=O) groups is 2. The van der Waals surface area contributed by atoms with Gasteiger partial charge in [0.15, 0.2) is 0 Å². The van der Waals surface area contributed by atoms with Gasteiger partial charge in [-0.25, -0.2) is 8.42 Å². The Morgan fingerprint density at radius 1 is 0.976 bits per heavy atom. The Labute approximate surface area is 259 Å². The first-order valence-corrected chi connectivity index (χ1v) is 16.0. The predicted octanol–water partition coefficient (Wildman–Crippen LogP) is 6.29. The third-order valence-corrected chi connectivity index (χ3v) is 9.11. The van der Waals surface area contributed by atoms with Crippen LogP contribution in [0.1, 0.15) is 32.8 Å². The van der Waals surface area contributed by atoms with Gasteiger partial charge in [-0.1, -0.05) is 52.1 Å². The molecule has 0 heterocycles. The third kappa shape index (κ3) is 8.38. The van der Waals surface area contributed by atoms with Crippen molar-refractivity contribution in [1.82, 2.24) is 10.2 Å². The molecule has 41 heavy (non-hydrogen) atoms. The first kappa shape index (κ1) is 32.7. The zero-order valence-corrected chi connectivity index (χ0v) is 26.9. The fourth-order valence-corrected chi connectivity index (χ4v) is 6.33. The highest BCUT2D eigenvalue weighted by Gasteiger charge is 2.34. The van der Waals surface area contributed by atoms with Gasteiger partial charge in [-0.2, -0.15) is 0 Å². The van der Waals surface area contributed by atoms with E-state index in [9.17, 15) is 18.0 Å². The first-order valence-electron chi connectivity index (χ1n) is 13.0. The number of nitrogens with one attached hydrogen (secondary N) is 1. The maximum absolute atomic E-state index is 14.1. The molecule has 0 bridgehead atoms. The summed E-state index contributed by atoms with van der Waals surface area (Å²) in [4.78, 5) is 28.5. The van der Waals surface area contributed by atoms with Crippen molar-refractivity contribution in [2.24, 2.45) is 0 Å². The summed E-state index contributed by atoms with van der Waals surface area (Å²) < 4.78 is 35.1. The summed E-state index contributed by atoms with van der Waals surface area (Å²) in [6, 6.07) is 16.6. The number of hydrogen-bond donors (Lipinski definition) is 1. The van der Waals surface area contributed by atoms with Crippen LogP contribution in [-0.4, -0.2) is 50.9 Å². The molecular formula is C29H32BrCl2N3O5S. The van der Waals surface area contributed by atoms with E-state index in [0.29, 0.717) is 45.4 Å². The minimum atomic E-state index is -4.19. The van der Waals surface area contributed by atoms with E-state index in [-0.39, 0.29) is 23.0 Å². The minimum Gasteiger partial charge on any atom is -0.494 e. The van der Waals surface area contributed by atoms with Crippen LogP contribution < -0.4 is 14.4 Å². The zero-order chi connectivity index (χ0) is 30.2. The summed E-state index contributed by atoms with van der Waals surface area (Å²) in [5.41, 5.74) is 0.829. The summed E-state index contributed by atoms with van der Waals surface area (Å²) in [7, 11) is -4.19. The maximum Gasteiger partial charge on any atom is 0.264 e. The molecular weight excluding hydrogens is 653 g/mol. The predicted molar refractivity (Wildman–Crippen MR) is 166 cm³/mol. The van der Waals surface area contributed by atoms with E-state index in [2.05, 4.69) is 21.2 Å². The number of anilines is 1. The average molecular weight is 685 g/mol. The standard InChI is InChI=1S/C29H32BrCl2N3O5S/c1-4-27(29(37)33-5-2)34(18-20-7-10-22(31)17-26(20)32)28(36)19-35(23-11-13-24(14-12-23)40-6-3)41(38,39)25-15-8-21(30)9-16-25/h7-17,27H,4-6,18-19H2,1-3H3,(H,33,37). The first-order chi connectivity index (χ1) is 19.5. The van der Waals surface area contributed by atoms with E-state index in [0.717, 1.165) is 4.31 Å². The molecule has 12 heteroatoms. The number of halogens is 3. The van der Waals surface area contributed by atoms with Crippen LogP contribution in [0, 0.1) is 0 Å². The van der Waals surface area contributed by atoms with Crippen molar-refractivity contribution in [3.63, 3.8) is 0 Å². The Bertz CT molecular complexity index is 1450. The van der Waals surface area contributed by atoms with Crippen LogP contribution in [0.3, 0.4) is 0 Å². The van der Waals surface area contributed by atoms with Crippen molar-refractivity contribution in [3.8, 4) is 5.75 Å². The lowest BCUT2D eigenvalue weighted by Gasteiger charge is -2.33. The summed E-state index contributed by atoms with van der Waals surface area (Å²) in [5, 5.41) is 3.52. The molecule has 3 rings (SSSR count). The number of amides is 2. The van der Waals surface area contributed by atoms with Gasteiger partial charge in [-0.05, 0) is 86.5 Å². The van der Waals surface area contributed by atoms with E-state index >= 15 is 0 Å². The lowest BCUT2D eigenvalue weighted by atomic mass is 10.1. The van der Waals surface area contributed by atoms with E-state index in [4.69, 9.17) is 27.9 Å². The number of ether oxygens (including phenoxy) is 1. The van der Waals surface area contributed by atoms with Gasteiger partial charge in [0.2, 0.25) is 11.8 Å². The highest BCUT2D eigenvalue weighted by Crippen LogP contribution is 2.28. The fraction of sp³-hybridized carbons (Fsp3) is 0.310. The Morgan fingerprint density at radius 3 is 2.20 bits per heavy atom. The molecule has 0 aromatic heterocycles. The van der Waals surface area contributed by atoms with Crippen LogP contribution >= 0.6 is 39.1 Å². The number of rotatable bonds is 13. The number of likely N-dealkylation sites (N-methyl/N-ethyl adjacent to an activating group) is 1. The SMILES string of the molecule is CCNC(=O)C(CC)N(Cc1ccc(Cl)cc1Cl)C(=O)CN(c1ccc(OCC)cc1)S(=O)(=O)c1ccc(Br)cc1. The second-order valence-corrected chi connectivity index (χ2v) is 12.6. The number of hydrogen-bond acceptors (Lipinski definition) is 5. The molecule has 8 nitrogen and oxygen atoms in total. The van der Waals surface area contributed by atoms with Crippen molar-refractivity contribution >= 4 is 66.7 Å². The van der Waals surface area contributed by atoms with Gasteiger partial charge in [0.1, 0.15) is 18.3 Å². The number of nitrogens with zero attached hydrogens (tertiary/aromatic N) is 2. The van der Waals surface area contributed by atoms with E-state index < -0.39 is 28.5 Å². The molecule has 1 N–H and O–H groups in total. The Balaban J connectivity index is 2.08. The number of carbonyl (C=O) groups excluding carboxylic acids is 2. The van der Waals surface area contributed by atoms with Crippen LogP contribution in [-0.2, 0) is 26.2 Å². The van der Waals surface area contributed by atoms with Crippen molar-refractivity contribution in [3.05, 3.63) is 86.8 Å². The van der Waals surface area contributed by atoms with Crippen molar-refractivity contribution < 1.29 is 22.7 Å². The highest BCUT2D eigenvalue weighted by molar-refractivity contribution is 9.10.